The molecule has 4 nitrogen and oxygen atoms in total. The number of hydrogen-bond donors (Lipinski definition) is 0. The molecule has 0 amide bonds. The summed E-state index contributed by atoms with van der Waals surface area (Å²) in [5.74, 6) is 0.719. The predicted octanol–water partition coefficient (Wildman–Crippen LogP) is 12.8. The number of nitrogens with zero attached hydrogens (tertiary/aromatic N) is 4. The van der Waals surface area contributed by atoms with Crippen LogP contribution in [0.3, 0.4) is 0 Å². The zero-order valence-electron chi connectivity index (χ0n) is 28.4. The molecule has 8 aromatic carbocycles. The van der Waals surface area contributed by atoms with Gasteiger partial charge >= 0.3 is 0 Å². The van der Waals surface area contributed by atoms with Gasteiger partial charge in [-0.3, -0.25) is 9.13 Å². The zero-order valence-corrected chi connectivity index (χ0v) is 29.2. The Kier molecular flexibility index (Phi) is 5.96. The van der Waals surface area contributed by atoms with Crippen LogP contribution in [0.25, 0.3) is 99.3 Å². The standard InChI is InChI=1S/C48H28N4S/c1-2-16-31(17-3-1)51-39-24-11-22-36(42(39)43-35-21-12-26-41-46(35)52(48(43)51)38-23-8-9-25-40(38)53-41)47-49-44-33-19-7-5-14-30(33)27-28-37(44)45(50-47)34-20-10-15-29-13-4-6-18-32(29)34/h1-28H. The molecule has 4 heterocycles. The summed E-state index contributed by atoms with van der Waals surface area (Å²) in [7, 11) is 0. The Balaban J connectivity index is 1.27. The zero-order chi connectivity index (χ0) is 34.6. The third kappa shape index (κ3) is 4.03. The van der Waals surface area contributed by atoms with Crippen LogP contribution in [0.5, 0.6) is 0 Å². The van der Waals surface area contributed by atoms with Crippen molar-refractivity contribution in [2.75, 3.05) is 0 Å². The lowest BCUT2D eigenvalue weighted by molar-refractivity contribution is 1.03. The highest BCUT2D eigenvalue weighted by molar-refractivity contribution is 7.99. The van der Waals surface area contributed by atoms with Crippen LogP contribution in [0.4, 0.5) is 0 Å². The number of rotatable bonds is 3. The van der Waals surface area contributed by atoms with Gasteiger partial charge in [-0.05, 0) is 58.6 Å². The van der Waals surface area contributed by atoms with E-state index in [-0.39, 0.29) is 0 Å². The van der Waals surface area contributed by atoms with E-state index < -0.39 is 0 Å². The first-order valence-corrected chi connectivity index (χ1v) is 18.7. The van der Waals surface area contributed by atoms with Crippen molar-refractivity contribution in [3.63, 3.8) is 0 Å². The van der Waals surface area contributed by atoms with Gasteiger partial charge in [0.25, 0.3) is 0 Å². The molecule has 5 heteroatoms. The molecule has 0 fully saturated rings. The number of aromatic nitrogens is 4. The second kappa shape index (κ2) is 10.9. The van der Waals surface area contributed by atoms with E-state index in [9.17, 15) is 0 Å². The Labute approximate surface area is 308 Å². The Bertz CT molecular complexity index is 3310. The quantitative estimate of drug-likeness (QED) is 0.173. The van der Waals surface area contributed by atoms with Gasteiger partial charge in [-0.15, -0.1) is 0 Å². The summed E-state index contributed by atoms with van der Waals surface area (Å²) in [6.07, 6.45) is 0. The summed E-state index contributed by atoms with van der Waals surface area (Å²) >= 11 is 1.85. The van der Waals surface area contributed by atoms with Crippen LogP contribution in [0.15, 0.2) is 180 Å². The molecule has 11 aromatic rings. The third-order valence-corrected chi connectivity index (χ3v) is 12.0. The topological polar surface area (TPSA) is 35.6 Å². The van der Waals surface area contributed by atoms with Crippen molar-refractivity contribution in [2.24, 2.45) is 0 Å². The van der Waals surface area contributed by atoms with E-state index in [0.29, 0.717) is 0 Å². The van der Waals surface area contributed by atoms with E-state index in [1.54, 1.807) is 0 Å². The predicted molar refractivity (Wildman–Crippen MR) is 221 cm³/mol. The number of fused-ring (bicyclic) bond motifs is 11. The maximum Gasteiger partial charge on any atom is 0.161 e. The van der Waals surface area contributed by atoms with E-state index in [1.807, 2.05) is 11.8 Å². The molecular formula is C48H28N4S. The van der Waals surface area contributed by atoms with Crippen molar-refractivity contribution in [1.29, 1.82) is 0 Å². The molecule has 1 aliphatic rings. The maximum absolute atomic E-state index is 5.58. The van der Waals surface area contributed by atoms with Crippen molar-refractivity contribution in [3.8, 4) is 34.0 Å². The number of benzene rings is 8. The van der Waals surface area contributed by atoms with E-state index in [2.05, 4.69) is 179 Å². The van der Waals surface area contributed by atoms with Crippen molar-refractivity contribution in [1.82, 2.24) is 19.1 Å². The van der Waals surface area contributed by atoms with Crippen molar-refractivity contribution >= 4 is 77.0 Å². The molecule has 0 saturated heterocycles. The minimum absolute atomic E-state index is 0.719. The lowest BCUT2D eigenvalue weighted by Crippen LogP contribution is -2.05. The Morgan fingerprint density at radius 3 is 2.02 bits per heavy atom. The number of para-hydroxylation sites is 3. The van der Waals surface area contributed by atoms with Crippen LogP contribution in [-0.4, -0.2) is 19.1 Å². The molecule has 0 radical (unpaired) electrons. The second-order valence-corrected chi connectivity index (χ2v) is 14.8. The van der Waals surface area contributed by atoms with Crippen LogP contribution in [0.1, 0.15) is 0 Å². The van der Waals surface area contributed by atoms with E-state index in [4.69, 9.17) is 9.97 Å². The van der Waals surface area contributed by atoms with Crippen LogP contribution < -0.4 is 0 Å². The average molecular weight is 693 g/mol. The first kappa shape index (κ1) is 28.9. The van der Waals surface area contributed by atoms with E-state index in [0.717, 1.165) is 66.6 Å². The van der Waals surface area contributed by atoms with Crippen molar-refractivity contribution in [2.45, 2.75) is 9.79 Å². The molecule has 12 rings (SSSR count). The van der Waals surface area contributed by atoms with Gasteiger partial charge in [0.1, 0.15) is 5.65 Å². The van der Waals surface area contributed by atoms with Gasteiger partial charge in [0.15, 0.2) is 5.82 Å². The van der Waals surface area contributed by atoms with Gasteiger partial charge in [-0.25, -0.2) is 9.97 Å². The molecular weight excluding hydrogens is 665 g/mol. The van der Waals surface area contributed by atoms with Gasteiger partial charge < -0.3 is 0 Å². The first-order chi connectivity index (χ1) is 26.3. The molecule has 3 aromatic heterocycles. The van der Waals surface area contributed by atoms with Gasteiger partial charge in [0.2, 0.25) is 0 Å². The van der Waals surface area contributed by atoms with E-state index >= 15 is 0 Å². The Morgan fingerprint density at radius 2 is 1.11 bits per heavy atom. The SMILES string of the molecule is c1ccc(-n2c3cccc(-c4nc(-c5cccc6ccccc56)c5ccc6ccccc6c5n4)c3c3c4cccc5c4n(c32)-c2ccccc2S5)cc1. The number of hydrogen-bond acceptors (Lipinski definition) is 3. The van der Waals surface area contributed by atoms with Gasteiger partial charge in [-0.1, -0.05) is 139 Å². The average Bonchev–Trinajstić information content (AvgIpc) is 3.74. The summed E-state index contributed by atoms with van der Waals surface area (Å²) < 4.78 is 4.92. The highest BCUT2D eigenvalue weighted by Crippen LogP contribution is 2.51. The molecule has 1 aliphatic heterocycles. The summed E-state index contributed by atoms with van der Waals surface area (Å²) in [5.41, 5.74) is 9.84. The van der Waals surface area contributed by atoms with Crippen molar-refractivity contribution < 1.29 is 0 Å². The molecule has 0 N–H and O–H groups in total. The molecule has 0 bridgehead atoms. The maximum atomic E-state index is 5.58. The van der Waals surface area contributed by atoms with E-state index in [1.165, 1.54) is 42.5 Å². The van der Waals surface area contributed by atoms with Gasteiger partial charge in [-0.2, -0.15) is 0 Å². The smallest absolute Gasteiger partial charge is 0.161 e. The van der Waals surface area contributed by atoms with Crippen LogP contribution in [0.2, 0.25) is 0 Å². The first-order valence-electron chi connectivity index (χ1n) is 17.9. The fraction of sp³-hybridized carbons (Fsp3) is 0. The molecule has 0 aliphatic carbocycles. The summed E-state index contributed by atoms with van der Waals surface area (Å²) in [6, 6.07) is 60.9. The third-order valence-electron chi connectivity index (χ3n) is 10.9. The summed E-state index contributed by atoms with van der Waals surface area (Å²) in [4.78, 5) is 13.6. The normalized spacial score (nSPS) is 12.5. The largest absolute Gasteiger partial charge is 0.295 e. The molecule has 0 unspecified atom stereocenters. The Hall–Kier alpha value is -6.69. The molecule has 0 spiro atoms. The lowest BCUT2D eigenvalue weighted by Gasteiger charge is -2.21. The summed E-state index contributed by atoms with van der Waals surface area (Å²) in [6.45, 7) is 0. The monoisotopic (exact) mass is 692 g/mol. The van der Waals surface area contributed by atoms with Crippen molar-refractivity contribution in [3.05, 3.63) is 170 Å². The minimum atomic E-state index is 0.719. The van der Waals surface area contributed by atoms with Crippen LogP contribution >= 0.6 is 11.8 Å². The summed E-state index contributed by atoms with van der Waals surface area (Å²) in [5, 5.41) is 9.28. The highest BCUT2D eigenvalue weighted by atomic mass is 32.2. The lowest BCUT2D eigenvalue weighted by atomic mass is 9.97. The fourth-order valence-electron chi connectivity index (χ4n) is 8.66. The van der Waals surface area contributed by atoms with Crippen LogP contribution in [-0.2, 0) is 0 Å². The molecule has 246 valence electrons. The van der Waals surface area contributed by atoms with Gasteiger partial charge in [0.05, 0.1) is 27.9 Å². The molecule has 53 heavy (non-hydrogen) atoms. The minimum Gasteiger partial charge on any atom is -0.295 e. The molecule has 0 atom stereocenters. The Morgan fingerprint density at radius 1 is 0.434 bits per heavy atom. The van der Waals surface area contributed by atoms with Crippen LogP contribution in [0, 0.1) is 0 Å². The second-order valence-electron chi connectivity index (χ2n) is 13.7. The highest BCUT2D eigenvalue weighted by Gasteiger charge is 2.29. The fourth-order valence-corrected chi connectivity index (χ4v) is 9.76. The van der Waals surface area contributed by atoms with Gasteiger partial charge in [0, 0.05) is 53.5 Å². The molecule has 0 saturated carbocycles.